The molecular formula is C30H36N6O3. The van der Waals surface area contributed by atoms with Crippen LogP contribution >= 0.6 is 0 Å². The minimum atomic E-state index is -0.0680. The second-order valence-electron chi connectivity index (χ2n) is 11.0. The fourth-order valence-electron chi connectivity index (χ4n) is 6.21. The van der Waals surface area contributed by atoms with E-state index in [0.717, 1.165) is 69.7 Å². The number of benzene rings is 2. The molecule has 0 radical (unpaired) electrons. The highest BCUT2D eigenvalue weighted by atomic mass is 16.7. The van der Waals surface area contributed by atoms with E-state index in [9.17, 15) is 4.79 Å². The molecule has 9 nitrogen and oxygen atoms in total. The van der Waals surface area contributed by atoms with Gasteiger partial charge in [-0.1, -0.05) is 38.3 Å². The van der Waals surface area contributed by atoms with Crippen LogP contribution in [0.5, 0.6) is 11.5 Å². The number of tetrazole rings is 1. The lowest BCUT2D eigenvalue weighted by Crippen LogP contribution is -2.33. The van der Waals surface area contributed by atoms with E-state index in [4.69, 9.17) is 9.47 Å². The lowest BCUT2D eigenvalue weighted by molar-refractivity contribution is 0.155. The Morgan fingerprint density at radius 1 is 1.05 bits per heavy atom. The Labute approximate surface area is 228 Å². The molecule has 6 rings (SSSR count). The van der Waals surface area contributed by atoms with Gasteiger partial charge in [0.1, 0.15) is 0 Å². The van der Waals surface area contributed by atoms with Crippen molar-refractivity contribution in [3.8, 4) is 11.5 Å². The predicted molar refractivity (Wildman–Crippen MR) is 149 cm³/mol. The number of ether oxygens (including phenoxy) is 2. The summed E-state index contributed by atoms with van der Waals surface area (Å²) >= 11 is 0. The first-order chi connectivity index (χ1) is 19.0. The summed E-state index contributed by atoms with van der Waals surface area (Å²) < 4.78 is 13.2. The van der Waals surface area contributed by atoms with Crippen molar-refractivity contribution in [2.24, 2.45) is 0 Å². The Morgan fingerprint density at radius 3 is 2.69 bits per heavy atom. The van der Waals surface area contributed by atoms with Gasteiger partial charge in [-0.15, -0.1) is 5.10 Å². The molecule has 1 N–H and O–H groups in total. The number of hydrogen-bond acceptors (Lipinski definition) is 7. The largest absolute Gasteiger partial charge is 0.454 e. The summed E-state index contributed by atoms with van der Waals surface area (Å²) in [6.07, 6.45) is 6.67. The molecule has 0 spiro atoms. The van der Waals surface area contributed by atoms with E-state index in [1.165, 1.54) is 19.3 Å². The fraction of sp³-hybridized carbons (Fsp3) is 0.467. The first-order valence-electron chi connectivity index (χ1n) is 14.0. The van der Waals surface area contributed by atoms with Crippen LogP contribution in [0.25, 0.3) is 10.9 Å². The fourth-order valence-corrected chi connectivity index (χ4v) is 6.21. The predicted octanol–water partition coefficient (Wildman–Crippen LogP) is 5.52. The van der Waals surface area contributed by atoms with Gasteiger partial charge in [0.05, 0.1) is 12.1 Å². The molecule has 0 amide bonds. The molecular weight excluding hydrogens is 492 g/mol. The number of nitrogens with one attached hydrogen (secondary N) is 1. The van der Waals surface area contributed by atoms with Crippen LogP contribution in [0.4, 0.5) is 0 Å². The third-order valence-electron chi connectivity index (χ3n) is 8.15. The first-order valence-corrected chi connectivity index (χ1v) is 14.0. The number of rotatable bonds is 8. The van der Waals surface area contributed by atoms with E-state index in [1.54, 1.807) is 0 Å². The van der Waals surface area contributed by atoms with Crippen LogP contribution in [0.2, 0.25) is 0 Å². The Hall–Kier alpha value is -3.72. The molecule has 4 aromatic rings. The maximum Gasteiger partial charge on any atom is 0.252 e. The molecule has 0 unspecified atom stereocenters. The molecule has 1 aliphatic heterocycles. The molecule has 2 aromatic carbocycles. The van der Waals surface area contributed by atoms with Gasteiger partial charge in [0.25, 0.3) is 5.56 Å². The Balaban J connectivity index is 1.39. The zero-order valence-corrected chi connectivity index (χ0v) is 22.9. The molecule has 9 heteroatoms. The first kappa shape index (κ1) is 25.6. The molecule has 0 bridgehead atoms. The zero-order valence-electron chi connectivity index (χ0n) is 22.9. The molecule has 3 heterocycles. The molecule has 1 saturated carbocycles. The number of aromatic nitrogens is 5. The monoisotopic (exact) mass is 528 g/mol. The standard InChI is InChI=1S/C30H36N6O3/c1-4-26(29-32-33-34-36(29)23-8-6-5-7-9-23)35(16-21-10-11-27-28(14-21)39-18-38-27)17-22-15-24-20(3)12-19(2)13-25(24)31-30(22)37/h10-15,23,26H,4-9,16-18H2,1-3H3,(H,31,37)/t26-/m1/s1. The maximum absolute atomic E-state index is 13.3. The third kappa shape index (κ3) is 5.15. The SMILES string of the molecule is CC[C@H](c1nnnn1C1CCCCC1)N(Cc1ccc2c(c1)OCO2)Cc1cc2c(C)cc(C)cc2[nH]c1=O. The second kappa shape index (κ2) is 10.8. The van der Waals surface area contributed by atoms with Gasteiger partial charge >= 0.3 is 0 Å². The normalized spacial score (nSPS) is 16.3. The van der Waals surface area contributed by atoms with Crippen molar-refractivity contribution in [3.05, 3.63) is 74.8 Å². The minimum absolute atomic E-state index is 0.0649. The van der Waals surface area contributed by atoms with Crippen LogP contribution in [-0.4, -0.2) is 36.9 Å². The average Bonchev–Trinajstić information content (AvgIpc) is 3.60. The molecule has 2 aliphatic rings. The molecule has 204 valence electrons. The van der Waals surface area contributed by atoms with Crippen molar-refractivity contribution in [3.63, 3.8) is 0 Å². The highest BCUT2D eigenvalue weighted by Gasteiger charge is 2.29. The van der Waals surface area contributed by atoms with Gasteiger partial charge in [-0.2, -0.15) is 0 Å². The molecule has 39 heavy (non-hydrogen) atoms. The number of hydrogen-bond donors (Lipinski definition) is 1. The van der Waals surface area contributed by atoms with Gasteiger partial charge in [0, 0.05) is 29.6 Å². The van der Waals surface area contributed by atoms with Crippen LogP contribution in [0.15, 0.2) is 41.2 Å². The number of aromatic amines is 1. The van der Waals surface area contributed by atoms with Gasteiger partial charge in [0.15, 0.2) is 17.3 Å². The number of nitrogens with zero attached hydrogens (tertiary/aromatic N) is 5. The van der Waals surface area contributed by atoms with E-state index in [0.29, 0.717) is 19.1 Å². The highest BCUT2D eigenvalue weighted by Crippen LogP contribution is 2.36. The summed E-state index contributed by atoms with van der Waals surface area (Å²) in [7, 11) is 0. The molecule has 1 aliphatic carbocycles. The summed E-state index contributed by atoms with van der Waals surface area (Å²) in [5.74, 6) is 2.38. The summed E-state index contributed by atoms with van der Waals surface area (Å²) in [5, 5.41) is 14.2. The molecule has 0 saturated heterocycles. The number of aryl methyl sites for hydroxylation is 2. The van der Waals surface area contributed by atoms with E-state index in [1.807, 2.05) is 31.2 Å². The summed E-state index contributed by atoms with van der Waals surface area (Å²) in [6, 6.07) is 12.5. The average molecular weight is 529 g/mol. The van der Waals surface area contributed by atoms with Crippen molar-refractivity contribution < 1.29 is 9.47 Å². The van der Waals surface area contributed by atoms with Gasteiger partial charge < -0.3 is 14.5 Å². The van der Waals surface area contributed by atoms with E-state index >= 15 is 0 Å². The van der Waals surface area contributed by atoms with Crippen LogP contribution in [0.1, 0.15) is 85.6 Å². The van der Waals surface area contributed by atoms with Crippen molar-refractivity contribution in [1.82, 2.24) is 30.1 Å². The topological polar surface area (TPSA) is 98.2 Å². The zero-order chi connectivity index (χ0) is 26.9. The Bertz CT molecular complexity index is 1540. The smallest absolute Gasteiger partial charge is 0.252 e. The number of H-pyrrole nitrogens is 1. The van der Waals surface area contributed by atoms with Gasteiger partial charge in [-0.3, -0.25) is 9.69 Å². The lowest BCUT2D eigenvalue weighted by atomic mass is 9.95. The van der Waals surface area contributed by atoms with Crippen molar-refractivity contribution in [2.45, 2.75) is 84.5 Å². The van der Waals surface area contributed by atoms with Gasteiger partial charge in [0.2, 0.25) is 6.79 Å². The maximum atomic E-state index is 13.3. The highest BCUT2D eigenvalue weighted by molar-refractivity contribution is 5.83. The Kier molecular flexibility index (Phi) is 7.08. The van der Waals surface area contributed by atoms with Crippen LogP contribution < -0.4 is 15.0 Å². The third-order valence-corrected chi connectivity index (χ3v) is 8.15. The van der Waals surface area contributed by atoms with E-state index < -0.39 is 0 Å². The van der Waals surface area contributed by atoms with Crippen LogP contribution in [0, 0.1) is 13.8 Å². The summed E-state index contributed by atoms with van der Waals surface area (Å²) in [5.41, 5.74) is 4.90. The number of fused-ring (bicyclic) bond motifs is 2. The van der Waals surface area contributed by atoms with Crippen molar-refractivity contribution >= 4 is 10.9 Å². The van der Waals surface area contributed by atoms with Gasteiger partial charge in [-0.05, 0) is 84.5 Å². The van der Waals surface area contributed by atoms with Crippen LogP contribution in [0.3, 0.4) is 0 Å². The molecule has 2 aromatic heterocycles. The quantitative estimate of drug-likeness (QED) is 0.322. The van der Waals surface area contributed by atoms with Crippen molar-refractivity contribution in [1.29, 1.82) is 0 Å². The summed E-state index contributed by atoms with van der Waals surface area (Å²) in [4.78, 5) is 18.8. The summed E-state index contributed by atoms with van der Waals surface area (Å²) in [6.45, 7) is 7.61. The molecule has 1 fully saturated rings. The number of pyridine rings is 1. The second-order valence-corrected chi connectivity index (χ2v) is 11.0. The molecule has 1 atom stereocenters. The lowest BCUT2D eigenvalue weighted by Gasteiger charge is -2.32. The Morgan fingerprint density at radius 2 is 1.87 bits per heavy atom. The van der Waals surface area contributed by atoms with E-state index in [-0.39, 0.29) is 18.4 Å². The minimum Gasteiger partial charge on any atom is -0.454 e. The van der Waals surface area contributed by atoms with Crippen LogP contribution in [-0.2, 0) is 13.1 Å². The van der Waals surface area contributed by atoms with Gasteiger partial charge in [-0.25, -0.2) is 4.68 Å². The van der Waals surface area contributed by atoms with E-state index in [2.05, 4.69) is 56.1 Å². The van der Waals surface area contributed by atoms with Crippen molar-refractivity contribution in [2.75, 3.05) is 6.79 Å².